The molecule has 1 heterocycles. The second-order valence-corrected chi connectivity index (χ2v) is 11.9. The summed E-state index contributed by atoms with van der Waals surface area (Å²) in [7, 11) is -3.84. The lowest BCUT2D eigenvalue weighted by molar-refractivity contribution is -0.144. The van der Waals surface area contributed by atoms with E-state index in [9.17, 15) is 13.2 Å². The molecular formula is C31H34N2O4S. The Morgan fingerprint density at radius 2 is 1.47 bits per heavy atom. The first kappa shape index (κ1) is 26.3. The van der Waals surface area contributed by atoms with Crippen molar-refractivity contribution in [2.75, 3.05) is 6.61 Å². The van der Waals surface area contributed by atoms with E-state index >= 15 is 0 Å². The second kappa shape index (κ2) is 10.8. The summed E-state index contributed by atoms with van der Waals surface area (Å²) >= 11 is 0. The van der Waals surface area contributed by atoms with Crippen LogP contribution >= 0.6 is 0 Å². The van der Waals surface area contributed by atoms with Gasteiger partial charge in [0.05, 0.1) is 28.8 Å². The maximum Gasteiger partial charge on any atom is 0.332 e. The van der Waals surface area contributed by atoms with E-state index in [2.05, 4.69) is 0 Å². The Bertz CT molecular complexity index is 1360. The third-order valence-electron chi connectivity index (χ3n) is 7.66. The van der Waals surface area contributed by atoms with Crippen LogP contribution in [0, 0.1) is 6.92 Å². The van der Waals surface area contributed by atoms with E-state index in [-0.39, 0.29) is 11.5 Å². The van der Waals surface area contributed by atoms with Crippen molar-refractivity contribution >= 4 is 21.7 Å². The number of ether oxygens (including phenoxy) is 1. The van der Waals surface area contributed by atoms with E-state index in [0.717, 1.165) is 36.0 Å². The topological polar surface area (TPSA) is 75.8 Å². The average Bonchev–Trinajstić information content (AvgIpc) is 3.57. The van der Waals surface area contributed by atoms with Gasteiger partial charge in [0.15, 0.2) is 6.04 Å². The van der Waals surface area contributed by atoms with Gasteiger partial charge in [-0.15, -0.1) is 0 Å². The van der Waals surface area contributed by atoms with Crippen LogP contribution in [0.2, 0.25) is 0 Å². The standard InChI is InChI=1S/C31H34N2O4S/c1-3-37-30(34)28(32-27(24-13-7-4-8-14-24)25-15-9-5-10-16-25)29-31(21-11-6-12-22-31)33(29)38(35,36)26-19-17-23(2)18-20-26/h4-5,7-10,13-20,28-29H,3,6,11-12,21-22H2,1-2H3/t28-,29-,33?/m0/s1. The minimum Gasteiger partial charge on any atom is -0.464 e. The van der Waals surface area contributed by atoms with E-state index in [1.165, 1.54) is 0 Å². The van der Waals surface area contributed by atoms with Crippen LogP contribution in [-0.4, -0.2) is 48.6 Å². The summed E-state index contributed by atoms with van der Waals surface area (Å²) in [5.74, 6) is -0.492. The number of carbonyl (C=O) groups excluding carboxylic acids is 1. The SMILES string of the molecule is CCOC(=O)[C@@H](N=C(c1ccccc1)c1ccccc1)[C@@H]1N(S(=O)(=O)c2ccc(C)cc2)C12CCCCC2. The fourth-order valence-electron chi connectivity index (χ4n) is 5.81. The normalized spacial score (nSPS) is 20.9. The number of sulfonamides is 1. The van der Waals surface area contributed by atoms with Crippen molar-refractivity contribution < 1.29 is 17.9 Å². The quantitative estimate of drug-likeness (QED) is 0.218. The number of benzene rings is 3. The summed E-state index contributed by atoms with van der Waals surface area (Å²) in [6.07, 6.45) is 4.31. The number of hydrogen-bond acceptors (Lipinski definition) is 5. The van der Waals surface area contributed by atoms with Crippen molar-refractivity contribution in [2.45, 2.75) is 68.5 Å². The molecule has 2 fully saturated rings. The van der Waals surface area contributed by atoms with Crippen molar-refractivity contribution in [1.29, 1.82) is 0 Å². The van der Waals surface area contributed by atoms with Gasteiger partial charge in [0.2, 0.25) is 10.0 Å². The second-order valence-electron chi connectivity index (χ2n) is 10.1. The highest BCUT2D eigenvalue weighted by atomic mass is 32.2. The molecule has 3 atom stereocenters. The van der Waals surface area contributed by atoms with E-state index in [4.69, 9.17) is 9.73 Å². The first-order valence-corrected chi connectivity index (χ1v) is 14.8. The first-order chi connectivity index (χ1) is 18.4. The molecule has 3 aromatic carbocycles. The van der Waals surface area contributed by atoms with Crippen molar-refractivity contribution in [3.63, 3.8) is 0 Å². The Kier molecular flexibility index (Phi) is 7.50. The Morgan fingerprint density at radius 1 is 0.921 bits per heavy atom. The van der Waals surface area contributed by atoms with Crippen LogP contribution in [0.4, 0.5) is 0 Å². The van der Waals surface area contributed by atoms with Crippen LogP contribution in [0.3, 0.4) is 0 Å². The van der Waals surface area contributed by atoms with E-state index < -0.39 is 33.6 Å². The molecule has 0 amide bonds. The average molecular weight is 531 g/mol. The third-order valence-corrected chi connectivity index (χ3v) is 9.64. The van der Waals surface area contributed by atoms with E-state index in [1.807, 2.05) is 79.7 Å². The summed E-state index contributed by atoms with van der Waals surface area (Å²) in [5.41, 5.74) is 2.72. The molecule has 1 spiro atoms. The molecule has 5 rings (SSSR count). The van der Waals surface area contributed by atoms with E-state index in [1.54, 1.807) is 23.4 Å². The van der Waals surface area contributed by atoms with Crippen LogP contribution in [0.1, 0.15) is 55.7 Å². The maximum atomic E-state index is 14.0. The Balaban J connectivity index is 1.64. The highest BCUT2D eigenvalue weighted by molar-refractivity contribution is 7.89. The predicted molar refractivity (Wildman–Crippen MR) is 149 cm³/mol. The Hall–Kier alpha value is -3.29. The molecule has 1 saturated carbocycles. The zero-order valence-electron chi connectivity index (χ0n) is 21.9. The maximum absolute atomic E-state index is 14.0. The van der Waals surface area contributed by atoms with Crippen LogP contribution in [0.5, 0.6) is 0 Å². The number of hydrogen-bond donors (Lipinski definition) is 0. The van der Waals surface area contributed by atoms with Crippen molar-refractivity contribution in [3.05, 3.63) is 102 Å². The van der Waals surface area contributed by atoms with Gasteiger partial charge in [-0.1, -0.05) is 97.6 Å². The van der Waals surface area contributed by atoms with Gasteiger partial charge in [-0.25, -0.2) is 13.2 Å². The molecule has 0 N–H and O–H groups in total. The molecule has 1 unspecified atom stereocenters. The number of rotatable bonds is 8. The number of nitrogens with zero attached hydrogens (tertiary/aromatic N) is 2. The highest BCUT2D eigenvalue weighted by Crippen LogP contribution is 2.56. The van der Waals surface area contributed by atoms with Crippen molar-refractivity contribution in [3.8, 4) is 0 Å². The van der Waals surface area contributed by atoms with Crippen LogP contribution in [0.25, 0.3) is 0 Å². The molecule has 7 heteroatoms. The van der Waals surface area contributed by atoms with Gasteiger partial charge >= 0.3 is 5.97 Å². The lowest BCUT2D eigenvalue weighted by Gasteiger charge is -2.23. The zero-order valence-corrected chi connectivity index (χ0v) is 22.7. The lowest BCUT2D eigenvalue weighted by atomic mass is 9.84. The molecule has 38 heavy (non-hydrogen) atoms. The molecule has 1 aliphatic heterocycles. The Morgan fingerprint density at radius 3 is 2.00 bits per heavy atom. The van der Waals surface area contributed by atoms with Gasteiger partial charge < -0.3 is 4.74 Å². The molecule has 6 nitrogen and oxygen atoms in total. The first-order valence-electron chi connectivity index (χ1n) is 13.3. The minimum atomic E-state index is -3.84. The van der Waals surface area contributed by atoms with Gasteiger partial charge in [0.1, 0.15) is 0 Å². The Labute approximate surface area is 225 Å². The summed E-state index contributed by atoms with van der Waals surface area (Å²) < 4.78 is 35.2. The molecule has 0 bridgehead atoms. The monoisotopic (exact) mass is 530 g/mol. The summed E-state index contributed by atoms with van der Waals surface area (Å²) in [5, 5.41) is 0. The summed E-state index contributed by atoms with van der Waals surface area (Å²) in [6, 6.07) is 24.8. The number of aryl methyl sites for hydroxylation is 1. The van der Waals surface area contributed by atoms with Crippen LogP contribution < -0.4 is 0 Å². The number of aliphatic imine (C=N–C) groups is 1. The van der Waals surface area contributed by atoms with Gasteiger partial charge in [0.25, 0.3) is 0 Å². The third kappa shape index (κ3) is 4.93. The summed E-state index contributed by atoms with van der Waals surface area (Å²) in [4.78, 5) is 18.8. The predicted octanol–water partition coefficient (Wildman–Crippen LogP) is 5.54. The highest BCUT2D eigenvalue weighted by Gasteiger charge is 2.71. The van der Waals surface area contributed by atoms with Crippen molar-refractivity contribution in [1.82, 2.24) is 4.31 Å². The molecule has 0 radical (unpaired) electrons. The van der Waals surface area contributed by atoms with Crippen LogP contribution in [-0.2, 0) is 19.6 Å². The van der Waals surface area contributed by atoms with Gasteiger partial charge in [-0.2, -0.15) is 4.31 Å². The number of esters is 1. The van der Waals surface area contributed by atoms with Crippen LogP contribution in [0.15, 0.2) is 94.8 Å². The molecule has 198 valence electrons. The fraction of sp³-hybridized carbons (Fsp3) is 0.355. The smallest absolute Gasteiger partial charge is 0.332 e. The molecular weight excluding hydrogens is 496 g/mol. The van der Waals surface area contributed by atoms with Crippen molar-refractivity contribution in [2.24, 2.45) is 4.99 Å². The largest absolute Gasteiger partial charge is 0.464 e. The number of carbonyl (C=O) groups is 1. The molecule has 0 aromatic heterocycles. The minimum absolute atomic E-state index is 0.196. The molecule has 1 saturated heterocycles. The molecule has 2 aliphatic rings. The lowest BCUT2D eigenvalue weighted by Crippen LogP contribution is -2.34. The van der Waals surface area contributed by atoms with Gasteiger partial charge in [-0.05, 0) is 38.8 Å². The van der Waals surface area contributed by atoms with Gasteiger partial charge in [-0.3, -0.25) is 4.99 Å². The van der Waals surface area contributed by atoms with E-state index in [0.29, 0.717) is 18.6 Å². The summed E-state index contributed by atoms with van der Waals surface area (Å²) in [6.45, 7) is 3.89. The zero-order chi connectivity index (χ0) is 26.8. The molecule has 3 aromatic rings. The van der Waals surface area contributed by atoms with Gasteiger partial charge in [0, 0.05) is 11.1 Å². The fourth-order valence-corrected chi connectivity index (χ4v) is 7.85. The molecule has 1 aliphatic carbocycles.